The number of amides is 2. The molecule has 2 amide bonds. The summed E-state index contributed by atoms with van der Waals surface area (Å²) in [5.41, 5.74) is 4.71. The second kappa shape index (κ2) is 58.0. The predicted molar refractivity (Wildman–Crippen MR) is 435 cm³/mol. The molecule has 0 saturated carbocycles. The zero-order valence-corrected chi connectivity index (χ0v) is 65.5. The lowest BCUT2D eigenvalue weighted by Crippen LogP contribution is -2.60. The molecule has 3 aliphatic rings. The highest BCUT2D eigenvalue weighted by Gasteiger charge is 2.48. The molecule has 3 aliphatic heterocycles. The van der Waals surface area contributed by atoms with Crippen LogP contribution in [0.15, 0.2) is 133 Å². The average molecular weight is 1510 g/mol. The number of unbranched alkanes of at least 4 members (excludes halogenated alkanes) is 24. The van der Waals surface area contributed by atoms with Crippen LogP contribution in [-0.4, -0.2) is 148 Å². The third-order valence-corrected chi connectivity index (χ3v) is 21.6. The van der Waals surface area contributed by atoms with Gasteiger partial charge >= 0.3 is 0 Å². The maximum absolute atomic E-state index is 13.8. The Morgan fingerprint density at radius 3 is 1.51 bits per heavy atom. The number of hydrogen-bond acceptors (Lipinski definition) is 15. The van der Waals surface area contributed by atoms with E-state index in [1.54, 1.807) is 0 Å². The highest BCUT2D eigenvalue weighted by Crippen LogP contribution is 2.40. The standard InChI is InChI=1S/C53H77NO6.C36H63NO9.2CH4/c1-5-6-7-8-9-10-11-12-13-14-15-20-29-41(2)50(56-38-45-33-24-17-25-34-45)47(54-49(55)37-28-18-23-32-44-30-21-16-22-31-44)39-57-52-43(4)42(3)51-48(59-52)40-58-53(60-51)46-35-26-19-27-36-46;1-2-3-4-5-6-7-8-9-10-11-12-18-23-29(39)32(41)28(26-45-36-35(44)34(43)33(42)30(25-38)46-36)37-31(40)24-19-14-17-22-27-20-15-13-16-21-27;;/h15-17,19-22,24-27,30-31,33-36,41-43,47-48,50-53H,5-14,18,23,28-29,32,37-40H2,1-4H3,(H,54,55);13,15-16,20-21,28-30,32-36,38-39,41-44H,2-12,14,17-19,22-26H2,1H3,(H,37,40);2*1H4/t41-,42-,43?,47+,48?,50-,51-,52+,53?;28-,29+,30?,32-,33-,34-,35?,36-;;/m10../s1. The molecule has 5 unspecified atom stereocenters. The van der Waals surface area contributed by atoms with E-state index >= 15 is 0 Å². The van der Waals surface area contributed by atoms with Gasteiger partial charge in [0.25, 0.3) is 0 Å². The van der Waals surface area contributed by atoms with Crippen LogP contribution in [0.2, 0.25) is 0 Å². The van der Waals surface area contributed by atoms with Gasteiger partial charge in [-0.15, -0.1) is 0 Å². The minimum atomic E-state index is -1.61. The molecular weight excluding hydrogens is 1360 g/mol. The number of aryl methyl sites for hydroxylation is 2. The fraction of sp³-hybridized carbons (Fsp3) is 0.692. The fourth-order valence-electron chi connectivity index (χ4n) is 14.6. The number of allylic oxidation sites excluding steroid dienone is 2. The summed E-state index contributed by atoms with van der Waals surface area (Å²) in [7, 11) is 0. The summed E-state index contributed by atoms with van der Waals surface area (Å²) in [6.07, 6.45) is 30.1. The quantitative estimate of drug-likeness (QED) is 0.0151. The van der Waals surface area contributed by atoms with Gasteiger partial charge in [0.2, 0.25) is 11.8 Å². The van der Waals surface area contributed by atoms with Crippen molar-refractivity contribution >= 4 is 11.8 Å². The van der Waals surface area contributed by atoms with Gasteiger partial charge in [-0.3, -0.25) is 9.59 Å². The van der Waals surface area contributed by atoms with Gasteiger partial charge in [-0.1, -0.05) is 324 Å². The van der Waals surface area contributed by atoms with Crippen molar-refractivity contribution in [1.82, 2.24) is 10.6 Å². The van der Waals surface area contributed by atoms with Crippen LogP contribution in [0.25, 0.3) is 0 Å². The molecule has 0 aromatic heterocycles. The zero-order chi connectivity index (χ0) is 75.8. The number of aliphatic hydroxyl groups is 6. The molecule has 612 valence electrons. The lowest BCUT2D eigenvalue weighted by atomic mass is 9.84. The van der Waals surface area contributed by atoms with Crippen molar-refractivity contribution in [2.75, 3.05) is 26.4 Å². The number of carbonyl (C=O) groups is 2. The number of ether oxygens (including phenoxy) is 7. The molecule has 8 N–H and O–H groups in total. The molecule has 0 spiro atoms. The topological polar surface area (TPSA) is 244 Å². The molecule has 0 radical (unpaired) electrons. The zero-order valence-electron chi connectivity index (χ0n) is 65.5. The molecule has 7 rings (SSSR count). The van der Waals surface area contributed by atoms with Crippen molar-refractivity contribution in [2.45, 2.75) is 360 Å². The molecule has 3 saturated heterocycles. The Bertz CT molecular complexity index is 2840. The lowest BCUT2D eigenvalue weighted by molar-refractivity contribution is -0.343. The normalized spacial score (nSPS) is 22.9. The minimum absolute atomic E-state index is 0. The highest BCUT2D eigenvalue weighted by atomic mass is 16.7. The molecule has 3 fully saturated rings. The maximum atomic E-state index is 13.8. The van der Waals surface area contributed by atoms with Crippen molar-refractivity contribution in [2.24, 2.45) is 17.8 Å². The van der Waals surface area contributed by atoms with E-state index in [4.69, 9.17) is 33.2 Å². The first-order chi connectivity index (χ1) is 51.7. The third-order valence-electron chi connectivity index (χ3n) is 21.6. The molecule has 4 aromatic rings. The largest absolute Gasteiger partial charge is 0.394 e. The Hall–Kier alpha value is -4.96. The van der Waals surface area contributed by atoms with Crippen molar-refractivity contribution in [3.63, 3.8) is 0 Å². The van der Waals surface area contributed by atoms with Crippen LogP contribution >= 0.6 is 0 Å². The Kier molecular flexibility index (Phi) is 51.2. The number of carbonyl (C=O) groups excluding carboxylic acids is 2. The van der Waals surface area contributed by atoms with E-state index < -0.39 is 68.1 Å². The van der Waals surface area contributed by atoms with E-state index in [2.05, 4.69) is 112 Å². The molecule has 4 aromatic carbocycles. The fourth-order valence-corrected chi connectivity index (χ4v) is 14.6. The smallest absolute Gasteiger partial charge is 0.220 e. The predicted octanol–water partition coefficient (Wildman–Crippen LogP) is 17.7. The molecule has 3 heterocycles. The van der Waals surface area contributed by atoms with Gasteiger partial charge in [0.15, 0.2) is 18.9 Å². The van der Waals surface area contributed by atoms with Crippen molar-refractivity contribution < 1.29 is 73.4 Å². The van der Waals surface area contributed by atoms with Crippen LogP contribution in [0, 0.1) is 17.8 Å². The Morgan fingerprint density at radius 2 is 0.981 bits per heavy atom. The Morgan fingerprint density at radius 1 is 0.519 bits per heavy atom. The van der Waals surface area contributed by atoms with E-state index in [1.807, 2.05) is 66.7 Å². The van der Waals surface area contributed by atoms with Gasteiger partial charge in [-0.05, 0) is 92.7 Å². The Balaban J connectivity index is 0.000000464. The van der Waals surface area contributed by atoms with Crippen LogP contribution in [0.1, 0.15) is 283 Å². The molecule has 17 heteroatoms. The molecular formula is C91H148N2O15. The van der Waals surface area contributed by atoms with E-state index in [-0.39, 0.29) is 88.4 Å². The lowest BCUT2D eigenvalue weighted by Gasteiger charge is -2.48. The summed E-state index contributed by atoms with van der Waals surface area (Å²) < 4.78 is 43.9. The van der Waals surface area contributed by atoms with Gasteiger partial charge in [0.1, 0.15) is 36.6 Å². The summed E-state index contributed by atoms with van der Waals surface area (Å²) in [4.78, 5) is 26.6. The number of aliphatic hydroxyl groups excluding tert-OH is 6. The van der Waals surface area contributed by atoms with Crippen molar-refractivity contribution in [3.05, 3.63) is 156 Å². The van der Waals surface area contributed by atoms with E-state index in [0.717, 1.165) is 94.6 Å². The third kappa shape index (κ3) is 37.1. The molecule has 0 aliphatic carbocycles. The summed E-state index contributed by atoms with van der Waals surface area (Å²) in [5.74, 6) is 0.117. The monoisotopic (exact) mass is 1510 g/mol. The summed E-state index contributed by atoms with van der Waals surface area (Å²) >= 11 is 0. The van der Waals surface area contributed by atoms with Gasteiger partial charge in [0.05, 0.1) is 63.4 Å². The highest BCUT2D eigenvalue weighted by molar-refractivity contribution is 5.76. The molecule has 108 heavy (non-hydrogen) atoms. The minimum Gasteiger partial charge on any atom is -0.394 e. The van der Waals surface area contributed by atoms with Crippen LogP contribution < -0.4 is 10.6 Å². The summed E-state index contributed by atoms with van der Waals surface area (Å²) in [5, 5.41) is 68.0. The molecule has 17 nitrogen and oxygen atoms in total. The molecule has 0 bridgehead atoms. The molecule has 17 atom stereocenters. The number of benzene rings is 4. The van der Waals surface area contributed by atoms with E-state index in [9.17, 15) is 40.2 Å². The van der Waals surface area contributed by atoms with Crippen molar-refractivity contribution in [3.8, 4) is 0 Å². The van der Waals surface area contributed by atoms with Gasteiger partial charge in [0, 0.05) is 24.3 Å². The number of rotatable bonds is 54. The second-order valence-electron chi connectivity index (χ2n) is 30.5. The van der Waals surface area contributed by atoms with Crippen LogP contribution in [0.5, 0.6) is 0 Å². The first kappa shape index (κ1) is 95.4. The number of nitrogens with one attached hydrogen (secondary N) is 2. The van der Waals surface area contributed by atoms with Crippen LogP contribution in [0.4, 0.5) is 0 Å². The average Bonchev–Trinajstić information content (AvgIpc) is 0.787. The first-order valence-electron chi connectivity index (χ1n) is 41.5. The number of fused-ring (bicyclic) bond motifs is 1. The first-order valence-corrected chi connectivity index (χ1v) is 41.5. The maximum Gasteiger partial charge on any atom is 0.220 e. The Labute approximate surface area is 652 Å². The summed E-state index contributed by atoms with van der Waals surface area (Å²) in [6.45, 7) is 11.4. The number of hydrogen-bond donors (Lipinski definition) is 8. The summed E-state index contributed by atoms with van der Waals surface area (Å²) in [6, 6.07) is 39.8. The second-order valence-corrected chi connectivity index (χ2v) is 30.5. The SMILES string of the molecule is C.C.CCCCCCCCCCCC=CC[C@@H](C)[C@@H](OCc1ccccc1)[C@H](CO[C@H]1OC2COC(c3ccccc3)O[C@@H]2[C@H](C)C1C)NC(=O)CCCCCc1ccccc1.CCCCCCCCCCCCCC[C@@H](O)[C@@H](O)[C@H](CO[C@H]1OC(CO)[C@H](O)[C@H](O)C1O)NC(=O)CCCCCc1ccccc1. The van der Waals surface area contributed by atoms with E-state index in [1.165, 1.54) is 120 Å². The van der Waals surface area contributed by atoms with Gasteiger partial charge in [-0.25, -0.2) is 0 Å². The van der Waals surface area contributed by atoms with Crippen LogP contribution in [0.3, 0.4) is 0 Å². The van der Waals surface area contributed by atoms with Crippen LogP contribution in [-0.2, 0) is 62.2 Å². The van der Waals surface area contributed by atoms with E-state index in [0.29, 0.717) is 32.5 Å². The van der Waals surface area contributed by atoms with Gasteiger partial charge in [-0.2, -0.15) is 0 Å². The van der Waals surface area contributed by atoms with Crippen molar-refractivity contribution in [1.29, 1.82) is 0 Å². The van der Waals surface area contributed by atoms with Gasteiger partial charge < -0.3 is 74.4 Å².